The first kappa shape index (κ1) is 37.2. The van der Waals surface area contributed by atoms with Crippen molar-refractivity contribution in [2.75, 3.05) is 0 Å². The number of rotatable bonds is 6. The molecule has 9 aromatic carbocycles. The second kappa shape index (κ2) is 14.3. The molecule has 1 aliphatic rings. The van der Waals surface area contributed by atoms with Gasteiger partial charge < -0.3 is 8.83 Å². The molecule has 0 unspecified atom stereocenters. The third-order valence-corrected chi connectivity index (χ3v) is 13.4. The Morgan fingerprint density at radius 1 is 0.338 bits per heavy atom. The summed E-state index contributed by atoms with van der Waals surface area (Å²) in [5.74, 6) is 1.65. The highest BCUT2D eigenvalue weighted by Crippen LogP contribution is 2.52. The number of benzene rings is 9. The van der Waals surface area contributed by atoms with E-state index in [9.17, 15) is 0 Å². The van der Waals surface area contributed by atoms with Crippen molar-refractivity contribution in [1.29, 1.82) is 0 Å². The number of fused-ring (bicyclic) bond motifs is 9. The van der Waals surface area contributed by atoms with Gasteiger partial charge >= 0.3 is 0 Å². The van der Waals surface area contributed by atoms with Crippen LogP contribution in [0.4, 0.5) is 0 Å². The molecule has 0 N–H and O–H groups in total. The Balaban J connectivity index is 0.967. The summed E-state index contributed by atoms with van der Waals surface area (Å²) in [6.45, 7) is 4.69. The van der Waals surface area contributed by atoms with Gasteiger partial charge in [0.25, 0.3) is 0 Å². The van der Waals surface area contributed by atoms with E-state index >= 15 is 0 Å². The molecular formula is C60H39N3O2. The van der Waals surface area contributed by atoms with Gasteiger partial charge in [-0.1, -0.05) is 178 Å². The SMILES string of the molecule is CC1(C)c2ccccc2-c2cccc(-c3cccc(-c4ccc5oc6cccc(-c7nc(-c8ccc(-c9ccccc9)cc8)nc(-c8cccc9c8oc8ccccc89)n7)c6c5c4)c3)c21. The molecule has 0 bridgehead atoms. The summed E-state index contributed by atoms with van der Waals surface area (Å²) in [6.07, 6.45) is 0. The summed E-state index contributed by atoms with van der Waals surface area (Å²) in [6, 6.07) is 70.2. The number of para-hydroxylation sites is 2. The quantitative estimate of drug-likeness (QED) is 0.167. The van der Waals surface area contributed by atoms with Crippen LogP contribution in [0.15, 0.2) is 209 Å². The molecule has 0 atom stereocenters. The van der Waals surface area contributed by atoms with Crippen LogP contribution < -0.4 is 0 Å². The van der Waals surface area contributed by atoms with Gasteiger partial charge in [0.2, 0.25) is 0 Å². The van der Waals surface area contributed by atoms with Crippen LogP contribution in [-0.2, 0) is 5.41 Å². The molecule has 5 nitrogen and oxygen atoms in total. The minimum Gasteiger partial charge on any atom is -0.456 e. The van der Waals surface area contributed by atoms with Crippen molar-refractivity contribution in [3.05, 3.63) is 211 Å². The third-order valence-electron chi connectivity index (χ3n) is 13.4. The molecule has 0 spiro atoms. The van der Waals surface area contributed by atoms with Crippen molar-refractivity contribution in [2.24, 2.45) is 0 Å². The highest BCUT2D eigenvalue weighted by Gasteiger charge is 2.37. The van der Waals surface area contributed by atoms with Crippen molar-refractivity contribution in [3.63, 3.8) is 0 Å². The van der Waals surface area contributed by atoms with Crippen LogP contribution in [0.25, 0.3) is 123 Å². The fourth-order valence-corrected chi connectivity index (χ4v) is 10.3. The van der Waals surface area contributed by atoms with Crippen LogP contribution in [0, 0.1) is 0 Å². The third kappa shape index (κ3) is 5.89. The highest BCUT2D eigenvalue weighted by molar-refractivity contribution is 6.13. The van der Waals surface area contributed by atoms with Crippen LogP contribution in [0.5, 0.6) is 0 Å². The Hall–Kier alpha value is -8.41. The van der Waals surface area contributed by atoms with E-state index in [4.69, 9.17) is 23.8 Å². The zero-order chi connectivity index (χ0) is 43.2. The summed E-state index contributed by atoms with van der Waals surface area (Å²) >= 11 is 0. The number of hydrogen-bond acceptors (Lipinski definition) is 5. The average molecular weight is 834 g/mol. The van der Waals surface area contributed by atoms with Crippen molar-refractivity contribution in [3.8, 4) is 78.7 Å². The molecule has 5 heteroatoms. The van der Waals surface area contributed by atoms with Crippen LogP contribution in [0.3, 0.4) is 0 Å². The Bertz CT molecular complexity index is 3860. The fraction of sp³-hybridized carbons (Fsp3) is 0.0500. The van der Waals surface area contributed by atoms with Crippen LogP contribution in [0.1, 0.15) is 25.0 Å². The Morgan fingerprint density at radius 2 is 0.892 bits per heavy atom. The average Bonchev–Trinajstić information content (AvgIpc) is 4.01. The van der Waals surface area contributed by atoms with Gasteiger partial charge in [-0.3, -0.25) is 0 Å². The molecule has 306 valence electrons. The van der Waals surface area contributed by atoms with Crippen LogP contribution >= 0.6 is 0 Å². The summed E-state index contributed by atoms with van der Waals surface area (Å²) in [5, 5.41) is 4.00. The molecule has 3 heterocycles. The molecule has 0 amide bonds. The molecule has 0 radical (unpaired) electrons. The molecule has 1 aliphatic carbocycles. The molecule has 0 saturated heterocycles. The Kier molecular flexibility index (Phi) is 8.18. The molecule has 0 aliphatic heterocycles. The predicted octanol–water partition coefficient (Wildman–Crippen LogP) is 16.0. The number of furan rings is 2. The minimum atomic E-state index is -0.123. The van der Waals surface area contributed by atoms with E-state index in [0.29, 0.717) is 17.5 Å². The first-order valence-corrected chi connectivity index (χ1v) is 22.1. The maximum atomic E-state index is 6.59. The fourth-order valence-electron chi connectivity index (χ4n) is 10.3. The lowest BCUT2D eigenvalue weighted by atomic mass is 9.78. The second-order valence-electron chi connectivity index (χ2n) is 17.5. The smallest absolute Gasteiger partial charge is 0.167 e. The van der Waals surface area contributed by atoms with Crippen molar-refractivity contribution >= 4 is 43.9 Å². The van der Waals surface area contributed by atoms with Gasteiger partial charge in [0.15, 0.2) is 17.5 Å². The van der Waals surface area contributed by atoms with E-state index < -0.39 is 0 Å². The predicted molar refractivity (Wildman–Crippen MR) is 265 cm³/mol. The number of hydrogen-bond donors (Lipinski definition) is 0. The molecule has 3 aromatic heterocycles. The van der Waals surface area contributed by atoms with Gasteiger partial charge in [-0.2, -0.15) is 0 Å². The second-order valence-corrected chi connectivity index (χ2v) is 17.5. The first-order chi connectivity index (χ1) is 32.0. The zero-order valence-electron chi connectivity index (χ0n) is 35.7. The van der Waals surface area contributed by atoms with E-state index in [1.165, 1.54) is 33.4 Å². The van der Waals surface area contributed by atoms with Gasteiger partial charge in [-0.05, 0) is 92.0 Å². The zero-order valence-corrected chi connectivity index (χ0v) is 35.7. The maximum Gasteiger partial charge on any atom is 0.167 e. The molecule has 12 aromatic rings. The molecule has 65 heavy (non-hydrogen) atoms. The normalized spacial score (nSPS) is 12.9. The van der Waals surface area contributed by atoms with E-state index in [1.807, 2.05) is 48.5 Å². The monoisotopic (exact) mass is 833 g/mol. The van der Waals surface area contributed by atoms with Gasteiger partial charge in [0.05, 0.1) is 5.56 Å². The van der Waals surface area contributed by atoms with Crippen LogP contribution in [0.2, 0.25) is 0 Å². The van der Waals surface area contributed by atoms with Crippen LogP contribution in [-0.4, -0.2) is 15.0 Å². The van der Waals surface area contributed by atoms with Gasteiger partial charge in [-0.25, -0.2) is 15.0 Å². The lowest BCUT2D eigenvalue weighted by Crippen LogP contribution is -2.16. The van der Waals surface area contributed by atoms with Gasteiger partial charge in [0.1, 0.15) is 22.3 Å². The topological polar surface area (TPSA) is 65.0 Å². The summed E-state index contributed by atoms with van der Waals surface area (Å²) in [4.78, 5) is 15.7. The van der Waals surface area contributed by atoms with E-state index in [0.717, 1.165) is 82.8 Å². The summed E-state index contributed by atoms with van der Waals surface area (Å²) in [7, 11) is 0. The molecule has 0 saturated carbocycles. The summed E-state index contributed by atoms with van der Waals surface area (Å²) in [5.41, 5.74) is 17.9. The lowest BCUT2D eigenvalue weighted by Gasteiger charge is -2.24. The van der Waals surface area contributed by atoms with Gasteiger partial charge in [0, 0.05) is 38.1 Å². The van der Waals surface area contributed by atoms with E-state index in [-0.39, 0.29) is 5.41 Å². The Morgan fingerprint density at radius 3 is 1.78 bits per heavy atom. The largest absolute Gasteiger partial charge is 0.456 e. The lowest BCUT2D eigenvalue weighted by molar-refractivity contribution is 0.662. The van der Waals surface area contributed by atoms with E-state index in [2.05, 4.69) is 166 Å². The number of aromatic nitrogens is 3. The van der Waals surface area contributed by atoms with Gasteiger partial charge in [-0.15, -0.1) is 0 Å². The molecule has 0 fully saturated rings. The highest BCUT2D eigenvalue weighted by atomic mass is 16.3. The van der Waals surface area contributed by atoms with E-state index in [1.54, 1.807) is 0 Å². The first-order valence-electron chi connectivity index (χ1n) is 22.1. The van der Waals surface area contributed by atoms with Crippen molar-refractivity contribution < 1.29 is 8.83 Å². The standard InChI is InChI=1S/C60H39N3O2/c1-60(2)50-25-8-6-18-43(50)45-21-11-20-42(55(45)60)41-17-10-16-39(34-41)40-32-33-52-49(35-40)54-47(23-13-27-53(54)64-52)58-61-57(38-30-28-37(29-31-38)36-14-4-3-5-15-36)62-59(63-58)48-24-12-22-46-44-19-7-9-26-51(44)65-56(46)48/h3-35H,1-2H3. The summed E-state index contributed by atoms with van der Waals surface area (Å²) < 4.78 is 13.1. The molecular weight excluding hydrogens is 795 g/mol. The molecule has 13 rings (SSSR count). The van der Waals surface area contributed by atoms with Crippen molar-refractivity contribution in [1.82, 2.24) is 15.0 Å². The maximum absolute atomic E-state index is 6.59. The number of nitrogens with zero attached hydrogens (tertiary/aromatic N) is 3. The minimum absolute atomic E-state index is 0.123. The van der Waals surface area contributed by atoms with Crippen molar-refractivity contribution in [2.45, 2.75) is 19.3 Å². The Labute approximate surface area is 375 Å².